The zero-order valence-corrected chi connectivity index (χ0v) is 14.4. The van der Waals surface area contributed by atoms with Gasteiger partial charge in [0.05, 0.1) is 12.0 Å². The van der Waals surface area contributed by atoms with Gasteiger partial charge in [0, 0.05) is 6.42 Å². The lowest BCUT2D eigenvalue weighted by Crippen LogP contribution is -2.18. The topological polar surface area (TPSA) is 40.9 Å². The molecule has 2 nitrogen and oxygen atoms in total. The Kier molecular flexibility index (Phi) is 4.99. The summed E-state index contributed by atoms with van der Waals surface area (Å²) in [4.78, 5) is 11.4. The number of hydrogen-bond donors (Lipinski definition) is 0. The molecule has 0 bridgehead atoms. The van der Waals surface area contributed by atoms with Crippen molar-refractivity contribution in [2.24, 2.45) is 0 Å². The van der Waals surface area contributed by atoms with Crippen molar-refractivity contribution in [1.82, 2.24) is 0 Å². The Morgan fingerprint density at radius 1 is 1.05 bits per heavy atom. The van der Waals surface area contributed by atoms with Crippen LogP contribution < -0.4 is 0 Å². The van der Waals surface area contributed by atoms with Crippen LogP contribution in [0.5, 0.6) is 0 Å². The molecule has 0 fully saturated rings. The van der Waals surface area contributed by atoms with Crippen LogP contribution in [0.1, 0.15) is 77.5 Å². The predicted molar refractivity (Wildman–Crippen MR) is 87.5 cm³/mol. The molecule has 0 aromatic heterocycles. The second-order valence-electron chi connectivity index (χ2n) is 7.93. The van der Waals surface area contributed by atoms with Gasteiger partial charge in [-0.2, -0.15) is 5.26 Å². The highest BCUT2D eigenvalue weighted by Gasteiger charge is 2.23. The van der Waals surface area contributed by atoms with Crippen LogP contribution in [0.3, 0.4) is 0 Å². The lowest BCUT2D eigenvalue weighted by Gasteiger charge is -2.27. The first-order chi connectivity index (χ1) is 9.45. The Morgan fingerprint density at radius 2 is 1.48 bits per heavy atom. The summed E-state index contributed by atoms with van der Waals surface area (Å²) in [6, 6.07) is 8.69. The number of carbonyl (C=O) groups excluding carboxylic acids is 1. The Labute approximate surface area is 129 Å². The van der Waals surface area contributed by atoms with Gasteiger partial charge in [-0.3, -0.25) is 4.79 Å². The molecule has 0 N–H and O–H groups in total. The van der Waals surface area contributed by atoms with E-state index in [0.717, 1.165) is 5.56 Å². The smallest absolute Gasteiger partial charge is 0.131 e. The van der Waals surface area contributed by atoms with Gasteiger partial charge in [-0.15, -0.1) is 0 Å². The monoisotopic (exact) mass is 285 g/mol. The fraction of sp³-hybridized carbons (Fsp3) is 0.579. The molecule has 114 valence electrons. The largest absolute Gasteiger partial charge is 0.300 e. The first-order valence-corrected chi connectivity index (χ1v) is 7.50. The van der Waals surface area contributed by atoms with Gasteiger partial charge in [-0.25, -0.2) is 0 Å². The summed E-state index contributed by atoms with van der Waals surface area (Å²) >= 11 is 0. The van der Waals surface area contributed by atoms with E-state index in [1.807, 2.05) is 0 Å². The molecule has 1 aromatic carbocycles. The van der Waals surface area contributed by atoms with Crippen molar-refractivity contribution in [3.63, 3.8) is 0 Å². The number of benzene rings is 1. The first-order valence-electron chi connectivity index (χ1n) is 7.50. The third kappa shape index (κ3) is 4.70. The number of rotatable bonds is 3. The zero-order chi connectivity index (χ0) is 16.4. The highest BCUT2D eigenvalue weighted by atomic mass is 16.1. The number of nitrogens with zero attached hydrogens (tertiary/aromatic N) is 1. The van der Waals surface area contributed by atoms with E-state index in [1.54, 1.807) is 6.92 Å². The van der Waals surface area contributed by atoms with Crippen molar-refractivity contribution < 1.29 is 4.79 Å². The summed E-state index contributed by atoms with van der Waals surface area (Å²) in [5.74, 6) is -0.300. The summed E-state index contributed by atoms with van der Waals surface area (Å²) < 4.78 is 0. The number of ketones is 1. The Morgan fingerprint density at radius 3 is 1.76 bits per heavy atom. The third-order valence-electron chi connectivity index (χ3n) is 3.74. The van der Waals surface area contributed by atoms with Gasteiger partial charge in [-0.1, -0.05) is 59.7 Å². The lowest BCUT2D eigenvalue weighted by molar-refractivity contribution is -0.117. The number of carbonyl (C=O) groups is 1. The molecule has 1 atom stereocenters. The molecular weight excluding hydrogens is 258 g/mol. The van der Waals surface area contributed by atoms with Crippen molar-refractivity contribution in [2.75, 3.05) is 0 Å². The van der Waals surface area contributed by atoms with Gasteiger partial charge in [0.1, 0.15) is 5.78 Å². The molecule has 0 aliphatic carbocycles. The van der Waals surface area contributed by atoms with E-state index < -0.39 is 0 Å². The van der Waals surface area contributed by atoms with Crippen LogP contribution in [-0.4, -0.2) is 5.78 Å². The van der Waals surface area contributed by atoms with Gasteiger partial charge < -0.3 is 0 Å². The SMILES string of the molecule is CC(=O)CC(C#N)c1cc(C(C)(C)C)cc(C(C)(C)C)c1. The Bertz CT molecular complexity index is 532. The van der Waals surface area contributed by atoms with Gasteiger partial charge in [0.15, 0.2) is 0 Å². The molecule has 0 saturated carbocycles. The molecule has 0 spiro atoms. The molecule has 21 heavy (non-hydrogen) atoms. The third-order valence-corrected chi connectivity index (χ3v) is 3.74. The van der Waals surface area contributed by atoms with E-state index in [9.17, 15) is 10.1 Å². The van der Waals surface area contributed by atoms with Crippen LogP contribution in [0.4, 0.5) is 0 Å². The predicted octanol–water partition coefficient (Wildman–Crippen LogP) is 4.87. The first kappa shape index (κ1) is 17.4. The molecule has 0 aliphatic rings. The Balaban J connectivity index is 3.45. The van der Waals surface area contributed by atoms with Gasteiger partial charge >= 0.3 is 0 Å². The molecule has 1 rings (SSSR count). The van der Waals surface area contributed by atoms with Crippen molar-refractivity contribution in [1.29, 1.82) is 5.26 Å². The Hall–Kier alpha value is -1.62. The normalized spacial score (nSPS) is 13.6. The van der Waals surface area contributed by atoms with Crippen LogP contribution in [-0.2, 0) is 15.6 Å². The maximum Gasteiger partial charge on any atom is 0.131 e. The second-order valence-corrected chi connectivity index (χ2v) is 7.93. The lowest BCUT2D eigenvalue weighted by atomic mass is 9.78. The van der Waals surface area contributed by atoms with Crippen LogP contribution in [0.15, 0.2) is 18.2 Å². The molecule has 0 saturated heterocycles. The maximum absolute atomic E-state index is 11.4. The standard InChI is InChI=1S/C19H27NO/c1-13(21)8-15(12-20)14-9-16(18(2,3)4)11-17(10-14)19(5,6)7/h9-11,15H,8H2,1-7H3. The zero-order valence-electron chi connectivity index (χ0n) is 14.4. The minimum absolute atomic E-state index is 0.0201. The molecule has 0 amide bonds. The van der Waals surface area contributed by atoms with E-state index in [-0.39, 0.29) is 29.0 Å². The molecule has 2 heteroatoms. The summed E-state index contributed by atoms with van der Waals surface area (Å²) in [6.45, 7) is 14.6. The van der Waals surface area contributed by atoms with E-state index in [0.29, 0.717) is 0 Å². The number of hydrogen-bond acceptors (Lipinski definition) is 2. The van der Waals surface area contributed by atoms with E-state index >= 15 is 0 Å². The quantitative estimate of drug-likeness (QED) is 0.795. The maximum atomic E-state index is 11.4. The number of nitriles is 1. The molecule has 1 aromatic rings. The van der Waals surface area contributed by atoms with Gasteiger partial charge in [0.2, 0.25) is 0 Å². The van der Waals surface area contributed by atoms with Gasteiger partial charge in [-0.05, 0) is 34.4 Å². The summed E-state index contributed by atoms with van der Waals surface area (Å²) in [5, 5.41) is 9.41. The average Bonchev–Trinajstić information content (AvgIpc) is 2.33. The average molecular weight is 285 g/mol. The minimum Gasteiger partial charge on any atom is -0.300 e. The second kappa shape index (κ2) is 6.02. The molecular formula is C19H27NO. The summed E-state index contributed by atoms with van der Waals surface area (Å²) in [7, 11) is 0. The number of Topliss-reactive ketones (excluding diaryl/α,β-unsaturated/α-hetero) is 1. The van der Waals surface area contributed by atoms with Crippen molar-refractivity contribution in [3.05, 3.63) is 34.9 Å². The van der Waals surface area contributed by atoms with Crippen molar-refractivity contribution in [2.45, 2.75) is 71.6 Å². The molecule has 0 aliphatic heterocycles. The van der Waals surface area contributed by atoms with Crippen LogP contribution >= 0.6 is 0 Å². The van der Waals surface area contributed by atoms with Crippen LogP contribution in [0, 0.1) is 11.3 Å². The molecule has 0 heterocycles. The highest BCUT2D eigenvalue weighted by molar-refractivity contribution is 5.77. The highest BCUT2D eigenvalue weighted by Crippen LogP contribution is 2.33. The minimum atomic E-state index is -0.356. The van der Waals surface area contributed by atoms with Crippen LogP contribution in [0.2, 0.25) is 0 Å². The van der Waals surface area contributed by atoms with Gasteiger partial charge in [0.25, 0.3) is 0 Å². The fourth-order valence-corrected chi connectivity index (χ4v) is 2.24. The summed E-state index contributed by atoms with van der Waals surface area (Å²) in [6.07, 6.45) is 0.285. The van der Waals surface area contributed by atoms with Crippen LogP contribution in [0.25, 0.3) is 0 Å². The molecule has 0 radical (unpaired) electrons. The van der Waals surface area contributed by atoms with E-state index in [2.05, 4.69) is 65.8 Å². The fourth-order valence-electron chi connectivity index (χ4n) is 2.24. The van der Waals surface area contributed by atoms with E-state index in [1.165, 1.54) is 11.1 Å². The summed E-state index contributed by atoms with van der Waals surface area (Å²) in [5.41, 5.74) is 3.44. The van der Waals surface area contributed by atoms with Crippen molar-refractivity contribution >= 4 is 5.78 Å². The van der Waals surface area contributed by atoms with E-state index in [4.69, 9.17) is 0 Å². The molecule has 1 unspecified atom stereocenters. The van der Waals surface area contributed by atoms with Crippen molar-refractivity contribution in [3.8, 4) is 6.07 Å².